The van der Waals surface area contributed by atoms with Gasteiger partial charge >= 0.3 is 5.97 Å². The molecule has 0 bridgehead atoms. The third kappa shape index (κ3) is 3.21. The van der Waals surface area contributed by atoms with Gasteiger partial charge in [0.05, 0.1) is 30.2 Å². The second-order valence-corrected chi connectivity index (χ2v) is 4.17. The average Bonchev–Trinajstić information content (AvgIpc) is 2.77. The van der Waals surface area contributed by atoms with E-state index in [2.05, 4.69) is 15.4 Å². The van der Waals surface area contributed by atoms with Crippen molar-refractivity contribution in [3.05, 3.63) is 35.8 Å². The van der Waals surface area contributed by atoms with E-state index in [-0.39, 0.29) is 11.3 Å². The maximum absolute atomic E-state index is 10.9. The minimum Gasteiger partial charge on any atom is -0.478 e. The van der Waals surface area contributed by atoms with Crippen molar-refractivity contribution in [1.82, 2.24) is 14.8 Å². The molecule has 0 atom stereocenters. The van der Waals surface area contributed by atoms with Crippen LogP contribution in [0, 0.1) is 6.92 Å². The number of aromatic nitrogens is 3. The van der Waals surface area contributed by atoms with E-state index < -0.39 is 5.97 Å². The van der Waals surface area contributed by atoms with Crippen LogP contribution in [-0.2, 0) is 6.54 Å². The summed E-state index contributed by atoms with van der Waals surface area (Å²) in [7, 11) is 0. The first-order valence-corrected chi connectivity index (χ1v) is 5.78. The number of rotatable bonds is 5. The number of hydrogen-bond donors (Lipinski definition) is 3. The highest BCUT2D eigenvalue weighted by atomic mass is 16.4. The highest BCUT2D eigenvalue weighted by Crippen LogP contribution is 2.14. The largest absolute Gasteiger partial charge is 0.478 e. The summed E-state index contributed by atoms with van der Waals surface area (Å²) < 4.78 is 1.80. The number of carboxylic acids is 1. The molecule has 2 heterocycles. The number of nitrogens with one attached hydrogen (secondary N) is 1. The Morgan fingerprint density at radius 2 is 2.32 bits per heavy atom. The Morgan fingerprint density at radius 1 is 1.53 bits per heavy atom. The lowest BCUT2D eigenvalue weighted by atomic mass is 10.2. The van der Waals surface area contributed by atoms with Gasteiger partial charge in [-0.2, -0.15) is 5.10 Å². The van der Waals surface area contributed by atoms with Gasteiger partial charge in [-0.3, -0.25) is 4.68 Å². The summed E-state index contributed by atoms with van der Waals surface area (Å²) in [6.07, 6.45) is 5.05. The predicted molar refractivity (Wildman–Crippen MR) is 71.1 cm³/mol. The topological polar surface area (TPSA) is 106 Å². The molecule has 0 radical (unpaired) electrons. The molecule has 0 saturated carbocycles. The SMILES string of the molecule is Cc1cnn(CCNc2cc(C(=O)O)c(N)cn2)c1. The molecule has 0 aromatic carbocycles. The fourth-order valence-electron chi connectivity index (χ4n) is 1.64. The number of carbonyl (C=O) groups is 1. The van der Waals surface area contributed by atoms with Gasteiger partial charge < -0.3 is 16.2 Å². The van der Waals surface area contributed by atoms with Gasteiger partial charge in [-0.15, -0.1) is 0 Å². The van der Waals surface area contributed by atoms with Crippen LogP contribution in [0.1, 0.15) is 15.9 Å². The molecule has 4 N–H and O–H groups in total. The summed E-state index contributed by atoms with van der Waals surface area (Å²) in [5.41, 5.74) is 6.83. The van der Waals surface area contributed by atoms with Crippen LogP contribution in [0.5, 0.6) is 0 Å². The van der Waals surface area contributed by atoms with Gasteiger partial charge in [-0.1, -0.05) is 0 Å². The van der Waals surface area contributed by atoms with Gasteiger partial charge in [-0.25, -0.2) is 9.78 Å². The molecule has 0 amide bonds. The zero-order chi connectivity index (χ0) is 13.8. The van der Waals surface area contributed by atoms with Crippen LogP contribution in [0.4, 0.5) is 11.5 Å². The van der Waals surface area contributed by atoms with Crippen molar-refractivity contribution < 1.29 is 9.90 Å². The molecule has 2 rings (SSSR count). The second-order valence-electron chi connectivity index (χ2n) is 4.17. The van der Waals surface area contributed by atoms with Gasteiger partial charge in [-0.05, 0) is 18.6 Å². The molecule has 7 nitrogen and oxygen atoms in total. The van der Waals surface area contributed by atoms with Gasteiger partial charge in [0.25, 0.3) is 0 Å². The third-order valence-corrected chi connectivity index (χ3v) is 2.57. The molecule has 0 unspecified atom stereocenters. The van der Waals surface area contributed by atoms with E-state index >= 15 is 0 Å². The molecule has 7 heteroatoms. The lowest BCUT2D eigenvalue weighted by Gasteiger charge is -2.07. The summed E-state index contributed by atoms with van der Waals surface area (Å²) >= 11 is 0. The van der Waals surface area contributed by atoms with Crippen molar-refractivity contribution in [2.45, 2.75) is 13.5 Å². The van der Waals surface area contributed by atoms with E-state index in [1.54, 1.807) is 10.9 Å². The Hall–Kier alpha value is -2.57. The first-order chi connectivity index (χ1) is 9.06. The van der Waals surface area contributed by atoms with Crippen LogP contribution in [0.2, 0.25) is 0 Å². The molecular weight excluding hydrogens is 246 g/mol. The Bertz CT molecular complexity index is 594. The summed E-state index contributed by atoms with van der Waals surface area (Å²) in [6.45, 7) is 3.23. The lowest BCUT2D eigenvalue weighted by Crippen LogP contribution is -2.13. The maximum Gasteiger partial charge on any atom is 0.337 e. The minimum absolute atomic E-state index is 0.0485. The molecule has 19 heavy (non-hydrogen) atoms. The number of carboxylic acid groups (broad SMARTS) is 1. The van der Waals surface area contributed by atoms with Gasteiger partial charge in [0.15, 0.2) is 0 Å². The van der Waals surface area contributed by atoms with E-state index in [0.717, 1.165) is 5.56 Å². The lowest BCUT2D eigenvalue weighted by molar-refractivity contribution is 0.0698. The Balaban J connectivity index is 1.96. The number of hydrogen-bond acceptors (Lipinski definition) is 5. The van der Waals surface area contributed by atoms with Crippen molar-refractivity contribution in [3.8, 4) is 0 Å². The first-order valence-electron chi connectivity index (χ1n) is 5.78. The molecule has 0 aliphatic heterocycles. The van der Waals surface area contributed by atoms with Crippen LogP contribution >= 0.6 is 0 Å². The van der Waals surface area contributed by atoms with Crippen molar-refractivity contribution >= 4 is 17.5 Å². The van der Waals surface area contributed by atoms with Crippen molar-refractivity contribution in [2.24, 2.45) is 0 Å². The first kappa shape index (κ1) is 12.9. The summed E-state index contributed by atoms with van der Waals surface area (Å²) in [5, 5.41) is 16.1. The van der Waals surface area contributed by atoms with Gasteiger partial charge in [0, 0.05) is 12.7 Å². The van der Waals surface area contributed by atoms with Crippen LogP contribution < -0.4 is 11.1 Å². The van der Waals surface area contributed by atoms with Crippen molar-refractivity contribution in [3.63, 3.8) is 0 Å². The standard InChI is InChI=1S/C12H15N5O2/c1-8-5-16-17(7-8)3-2-14-11-4-9(12(18)19)10(13)6-15-11/h4-7H,2-3,13H2,1H3,(H,14,15)(H,18,19). The van der Waals surface area contributed by atoms with Crippen LogP contribution in [0.3, 0.4) is 0 Å². The summed E-state index contributed by atoms with van der Waals surface area (Å²) in [6, 6.07) is 1.42. The third-order valence-electron chi connectivity index (χ3n) is 2.57. The molecule has 2 aromatic rings. The Kier molecular flexibility index (Phi) is 3.65. The fraction of sp³-hybridized carbons (Fsp3) is 0.250. The predicted octanol–water partition coefficient (Wildman–Crippen LogP) is 0.979. The molecule has 0 fully saturated rings. The molecule has 0 aliphatic rings. The smallest absolute Gasteiger partial charge is 0.337 e. The number of nitrogens with two attached hydrogens (primary N) is 1. The number of nitrogens with zero attached hydrogens (tertiary/aromatic N) is 3. The van der Waals surface area contributed by atoms with Crippen LogP contribution in [0.25, 0.3) is 0 Å². The average molecular weight is 261 g/mol. The number of anilines is 2. The van der Waals surface area contributed by atoms with Crippen molar-refractivity contribution in [2.75, 3.05) is 17.6 Å². The molecule has 0 spiro atoms. The van der Waals surface area contributed by atoms with E-state index in [4.69, 9.17) is 10.8 Å². The number of aromatic carboxylic acids is 1. The Labute approximate surface area is 110 Å². The Morgan fingerprint density at radius 3 is 2.95 bits per heavy atom. The van der Waals surface area contributed by atoms with E-state index in [1.165, 1.54) is 12.3 Å². The molecule has 2 aromatic heterocycles. The van der Waals surface area contributed by atoms with Gasteiger partial charge in [0.2, 0.25) is 0 Å². The van der Waals surface area contributed by atoms with E-state index in [0.29, 0.717) is 18.9 Å². The highest BCUT2D eigenvalue weighted by Gasteiger charge is 2.09. The van der Waals surface area contributed by atoms with Crippen LogP contribution in [0.15, 0.2) is 24.7 Å². The minimum atomic E-state index is -1.06. The zero-order valence-corrected chi connectivity index (χ0v) is 10.5. The zero-order valence-electron chi connectivity index (χ0n) is 10.5. The molecule has 100 valence electrons. The normalized spacial score (nSPS) is 10.4. The monoisotopic (exact) mass is 261 g/mol. The number of pyridine rings is 1. The summed E-state index contributed by atoms with van der Waals surface area (Å²) in [5.74, 6) is -0.582. The number of nitrogen functional groups attached to an aromatic ring is 1. The van der Waals surface area contributed by atoms with E-state index in [1.807, 2.05) is 13.1 Å². The molecule has 0 saturated heterocycles. The fourth-order valence-corrected chi connectivity index (χ4v) is 1.64. The second kappa shape index (κ2) is 5.38. The van der Waals surface area contributed by atoms with Crippen LogP contribution in [-0.4, -0.2) is 32.4 Å². The molecular formula is C12H15N5O2. The van der Waals surface area contributed by atoms with Gasteiger partial charge in [0.1, 0.15) is 5.82 Å². The van der Waals surface area contributed by atoms with Crippen molar-refractivity contribution in [1.29, 1.82) is 0 Å². The van der Waals surface area contributed by atoms with E-state index in [9.17, 15) is 4.79 Å². The molecule has 0 aliphatic carbocycles. The quantitative estimate of drug-likeness (QED) is 0.740. The highest BCUT2D eigenvalue weighted by molar-refractivity contribution is 5.94. The summed E-state index contributed by atoms with van der Waals surface area (Å²) in [4.78, 5) is 15.0. The number of aryl methyl sites for hydroxylation is 1. The maximum atomic E-state index is 10.9.